The minimum absolute atomic E-state index is 0.0661. The fourth-order valence-electron chi connectivity index (χ4n) is 3.36. The number of para-hydroxylation sites is 1. The molecular formula is C24H31O5P. The highest BCUT2D eigenvalue weighted by Gasteiger charge is 2.23. The van der Waals surface area contributed by atoms with E-state index >= 15 is 0 Å². The van der Waals surface area contributed by atoms with Crippen molar-refractivity contribution in [3.8, 4) is 22.6 Å². The summed E-state index contributed by atoms with van der Waals surface area (Å²) < 4.78 is 0. The van der Waals surface area contributed by atoms with Gasteiger partial charge in [-0.25, -0.2) is 0 Å². The Morgan fingerprint density at radius 2 is 1.27 bits per heavy atom. The molecule has 0 saturated heterocycles. The lowest BCUT2D eigenvalue weighted by Crippen LogP contribution is -2.13. The van der Waals surface area contributed by atoms with E-state index in [0.717, 1.165) is 16.5 Å². The van der Waals surface area contributed by atoms with Crippen LogP contribution < -0.4 is 0 Å². The van der Waals surface area contributed by atoms with E-state index < -0.39 is 8.60 Å². The molecule has 0 fully saturated rings. The molecule has 0 aliphatic heterocycles. The van der Waals surface area contributed by atoms with Gasteiger partial charge < -0.3 is 24.9 Å². The maximum atomic E-state index is 10.4. The minimum atomic E-state index is -2.62. The number of aromatic hydroxyl groups is 2. The first-order chi connectivity index (χ1) is 13.7. The largest absolute Gasteiger partial charge is 0.504 e. The van der Waals surface area contributed by atoms with Gasteiger partial charge in [0, 0.05) is 5.56 Å². The number of hydrogen-bond donors (Lipinski definition) is 5. The Balaban J connectivity index is 0.000000735. The SMILES string of the molecule is CC(C)(C)c1ccc2cc(-c3cccc(O)c3O)c(C(C)(C)C)cc2c1.OP(O)O. The van der Waals surface area contributed by atoms with Gasteiger partial charge >= 0.3 is 8.60 Å². The Morgan fingerprint density at radius 3 is 1.80 bits per heavy atom. The lowest BCUT2D eigenvalue weighted by Gasteiger charge is -2.25. The zero-order valence-electron chi connectivity index (χ0n) is 18.3. The fraction of sp³-hybridized carbons (Fsp3) is 0.333. The van der Waals surface area contributed by atoms with Gasteiger partial charge in [0.15, 0.2) is 11.5 Å². The summed E-state index contributed by atoms with van der Waals surface area (Å²) in [6, 6.07) is 16.1. The first kappa shape index (κ1) is 24.1. The lowest BCUT2D eigenvalue weighted by atomic mass is 9.79. The first-order valence-electron chi connectivity index (χ1n) is 9.68. The fourth-order valence-corrected chi connectivity index (χ4v) is 3.36. The molecule has 5 nitrogen and oxygen atoms in total. The quantitative estimate of drug-likeness (QED) is 0.252. The predicted molar refractivity (Wildman–Crippen MR) is 124 cm³/mol. The number of benzene rings is 3. The summed E-state index contributed by atoms with van der Waals surface area (Å²) in [4.78, 5) is 21.7. The first-order valence-corrected chi connectivity index (χ1v) is 10.9. The predicted octanol–water partition coefficient (Wildman–Crippen LogP) is 5.70. The van der Waals surface area contributed by atoms with Crippen molar-refractivity contribution in [2.24, 2.45) is 0 Å². The maximum absolute atomic E-state index is 10.4. The van der Waals surface area contributed by atoms with Crippen molar-refractivity contribution in [1.82, 2.24) is 0 Å². The third-order valence-corrected chi connectivity index (χ3v) is 4.96. The number of phenolic OH excluding ortho intramolecular Hbond substituents is 2. The van der Waals surface area contributed by atoms with Gasteiger partial charge in [-0.2, -0.15) is 0 Å². The highest BCUT2D eigenvalue weighted by molar-refractivity contribution is 7.38. The van der Waals surface area contributed by atoms with E-state index in [1.165, 1.54) is 17.0 Å². The molecule has 3 rings (SSSR count). The number of hydrogen-bond acceptors (Lipinski definition) is 5. The molecule has 6 heteroatoms. The molecule has 0 radical (unpaired) electrons. The Bertz CT molecular complexity index is 1030. The summed E-state index contributed by atoms with van der Waals surface area (Å²) in [6.45, 7) is 13.2. The third kappa shape index (κ3) is 5.71. The monoisotopic (exact) mass is 430 g/mol. The Labute approximate surface area is 179 Å². The van der Waals surface area contributed by atoms with Crippen LogP contribution in [0.2, 0.25) is 0 Å². The van der Waals surface area contributed by atoms with Gasteiger partial charge in [0.25, 0.3) is 0 Å². The van der Waals surface area contributed by atoms with Crippen molar-refractivity contribution in [2.45, 2.75) is 52.4 Å². The third-order valence-electron chi connectivity index (χ3n) is 4.96. The van der Waals surface area contributed by atoms with Crippen LogP contribution in [0.1, 0.15) is 52.7 Å². The summed E-state index contributed by atoms with van der Waals surface area (Å²) >= 11 is 0. The van der Waals surface area contributed by atoms with Crippen molar-refractivity contribution in [3.05, 3.63) is 59.7 Å². The summed E-state index contributed by atoms with van der Waals surface area (Å²) in [5.41, 5.74) is 4.07. The molecule has 0 spiro atoms. The second-order valence-electron chi connectivity index (χ2n) is 9.40. The van der Waals surface area contributed by atoms with E-state index in [0.29, 0.717) is 5.56 Å². The molecule has 0 aliphatic carbocycles. The molecule has 0 unspecified atom stereocenters. The molecule has 0 aromatic heterocycles. The number of phenols is 2. The molecular weight excluding hydrogens is 399 g/mol. The summed E-state index contributed by atoms with van der Waals surface area (Å²) in [7, 11) is -2.62. The van der Waals surface area contributed by atoms with Gasteiger partial charge in [-0.15, -0.1) is 0 Å². The highest BCUT2D eigenvalue weighted by atomic mass is 31.2. The van der Waals surface area contributed by atoms with E-state index in [-0.39, 0.29) is 22.3 Å². The van der Waals surface area contributed by atoms with E-state index in [2.05, 4.69) is 71.9 Å². The van der Waals surface area contributed by atoms with Crippen LogP contribution in [-0.4, -0.2) is 24.9 Å². The van der Waals surface area contributed by atoms with Crippen molar-refractivity contribution in [2.75, 3.05) is 0 Å². The number of fused-ring (bicyclic) bond motifs is 1. The normalized spacial score (nSPS) is 12.1. The average Bonchev–Trinajstić information content (AvgIpc) is 2.60. The van der Waals surface area contributed by atoms with E-state index in [1.54, 1.807) is 6.07 Å². The Hall–Kier alpha value is -2.17. The molecule has 5 N–H and O–H groups in total. The van der Waals surface area contributed by atoms with Crippen LogP contribution in [0.3, 0.4) is 0 Å². The van der Waals surface area contributed by atoms with Gasteiger partial charge in [0.2, 0.25) is 0 Å². The van der Waals surface area contributed by atoms with Crippen molar-refractivity contribution in [1.29, 1.82) is 0 Å². The summed E-state index contributed by atoms with van der Waals surface area (Å²) in [5.74, 6) is -0.158. The van der Waals surface area contributed by atoms with E-state index in [9.17, 15) is 10.2 Å². The molecule has 3 aromatic carbocycles. The van der Waals surface area contributed by atoms with Crippen LogP contribution >= 0.6 is 8.60 Å². The molecule has 0 saturated carbocycles. The second-order valence-corrected chi connectivity index (χ2v) is 9.94. The van der Waals surface area contributed by atoms with Gasteiger partial charge in [0.05, 0.1) is 0 Å². The van der Waals surface area contributed by atoms with Crippen molar-refractivity contribution >= 4 is 19.4 Å². The molecule has 30 heavy (non-hydrogen) atoms. The van der Waals surface area contributed by atoms with Crippen molar-refractivity contribution < 1.29 is 24.9 Å². The number of rotatable bonds is 1. The smallest absolute Gasteiger partial charge is 0.324 e. The highest BCUT2D eigenvalue weighted by Crippen LogP contribution is 2.43. The lowest BCUT2D eigenvalue weighted by molar-refractivity contribution is 0.368. The van der Waals surface area contributed by atoms with Crippen LogP contribution in [0.25, 0.3) is 21.9 Å². The Morgan fingerprint density at radius 1 is 0.667 bits per heavy atom. The van der Waals surface area contributed by atoms with Crippen molar-refractivity contribution in [3.63, 3.8) is 0 Å². The molecule has 0 aliphatic rings. The van der Waals surface area contributed by atoms with Gasteiger partial charge in [-0.1, -0.05) is 71.9 Å². The topological polar surface area (TPSA) is 101 Å². The van der Waals surface area contributed by atoms with Crippen LogP contribution in [-0.2, 0) is 10.8 Å². The van der Waals surface area contributed by atoms with Gasteiger partial charge in [0.1, 0.15) is 0 Å². The van der Waals surface area contributed by atoms with Gasteiger partial charge in [-0.3, -0.25) is 0 Å². The molecule has 0 atom stereocenters. The maximum Gasteiger partial charge on any atom is 0.324 e. The minimum Gasteiger partial charge on any atom is -0.504 e. The zero-order valence-corrected chi connectivity index (χ0v) is 19.2. The molecule has 162 valence electrons. The van der Waals surface area contributed by atoms with Crippen LogP contribution in [0, 0.1) is 0 Å². The zero-order chi connectivity index (χ0) is 22.9. The molecule has 0 amide bonds. The van der Waals surface area contributed by atoms with Crippen LogP contribution in [0.4, 0.5) is 0 Å². The molecule has 3 aromatic rings. The standard InChI is InChI=1S/C24H28O2.H3O3P/c1-23(2,3)17-11-10-15-13-19(18-8-7-9-21(25)22(18)26)20(24(4,5)6)14-16(15)12-17;1-4(2)3/h7-14,25-26H,1-6H3;1-3H. The van der Waals surface area contributed by atoms with E-state index in [4.69, 9.17) is 14.7 Å². The summed E-state index contributed by atoms with van der Waals surface area (Å²) in [6.07, 6.45) is 0. The van der Waals surface area contributed by atoms with Gasteiger partial charge in [-0.05, 0) is 56.5 Å². The van der Waals surface area contributed by atoms with Crippen LogP contribution in [0.5, 0.6) is 11.5 Å². The second kappa shape index (κ2) is 8.91. The summed E-state index contributed by atoms with van der Waals surface area (Å²) in [5, 5.41) is 22.7. The molecule has 0 heterocycles. The van der Waals surface area contributed by atoms with E-state index in [1.807, 2.05) is 6.07 Å². The van der Waals surface area contributed by atoms with Crippen LogP contribution in [0.15, 0.2) is 48.5 Å². The average molecular weight is 430 g/mol. The Kier molecular flexibility index (Phi) is 7.16. The molecule has 0 bridgehead atoms.